The molecule has 1 saturated carbocycles. The van der Waals surface area contributed by atoms with Crippen molar-refractivity contribution in [2.24, 2.45) is 0 Å². The third kappa shape index (κ3) is 4.04. The zero-order valence-corrected chi connectivity index (χ0v) is 15.0. The van der Waals surface area contributed by atoms with Crippen molar-refractivity contribution in [3.63, 3.8) is 0 Å². The molecule has 21 heavy (non-hydrogen) atoms. The second kappa shape index (κ2) is 6.05. The zero-order valence-electron chi connectivity index (χ0n) is 14.0. The van der Waals surface area contributed by atoms with Gasteiger partial charge in [-0.2, -0.15) is 0 Å². The van der Waals surface area contributed by atoms with E-state index in [1.54, 1.807) is 6.20 Å². The molecule has 4 nitrogen and oxygen atoms in total. The van der Waals surface area contributed by atoms with Crippen molar-refractivity contribution in [2.75, 3.05) is 5.73 Å². The Labute approximate surface area is 129 Å². The van der Waals surface area contributed by atoms with Gasteiger partial charge >= 0.3 is 0 Å². The fourth-order valence-corrected chi connectivity index (χ4v) is 4.07. The molecule has 0 spiro atoms. The molecular formula is C16H29N3OSi. The minimum Gasteiger partial charge on any atom is -0.414 e. The van der Waals surface area contributed by atoms with Crippen LogP contribution in [0.2, 0.25) is 18.1 Å². The molecule has 5 heteroatoms. The molecule has 0 radical (unpaired) electrons. The van der Waals surface area contributed by atoms with Gasteiger partial charge in [0.25, 0.3) is 0 Å². The summed E-state index contributed by atoms with van der Waals surface area (Å²) in [5.74, 6) is 0.949. The van der Waals surface area contributed by atoms with Gasteiger partial charge in [-0.3, -0.25) is 4.98 Å². The van der Waals surface area contributed by atoms with Gasteiger partial charge in [0.15, 0.2) is 8.32 Å². The summed E-state index contributed by atoms with van der Waals surface area (Å²) in [7, 11) is -1.69. The maximum Gasteiger partial charge on any atom is 0.192 e. The molecule has 118 valence electrons. The lowest BCUT2D eigenvalue weighted by Crippen LogP contribution is -2.44. The fraction of sp³-hybridized carbons (Fsp3) is 0.750. The highest BCUT2D eigenvalue weighted by atomic mass is 28.4. The van der Waals surface area contributed by atoms with Crippen LogP contribution in [-0.2, 0) is 4.43 Å². The van der Waals surface area contributed by atoms with Crippen LogP contribution in [0.15, 0.2) is 12.4 Å². The van der Waals surface area contributed by atoms with Crippen molar-refractivity contribution in [3.8, 4) is 0 Å². The maximum absolute atomic E-state index is 6.58. The fourth-order valence-electron chi connectivity index (χ4n) is 2.67. The Hall–Kier alpha value is -0.943. The number of nitrogens with zero attached hydrogens (tertiary/aromatic N) is 2. The van der Waals surface area contributed by atoms with E-state index >= 15 is 0 Å². The average Bonchev–Trinajstić information content (AvgIpc) is 2.38. The highest BCUT2D eigenvalue weighted by Gasteiger charge is 2.40. The predicted molar refractivity (Wildman–Crippen MR) is 89.7 cm³/mol. The summed E-state index contributed by atoms with van der Waals surface area (Å²) in [6.07, 6.45) is 8.47. The Morgan fingerprint density at radius 1 is 1.19 bits per heavy atom. The lowest BCUT2D eigenvalue weighted by atomic mass is 9.85. The van der Waals surface area contributed by atoms with Gasteiger partial charge in [0.2, 0.25) is 0 Å². The van der Waals surface area contributed by atoms with E-state index in [0.29, 0.717) is 17.8 Å². The molecule has 1 fully saturated rings. The topological polar surface area (TPSA) is 61.0 Å². The maximum atomic E-state index is 6.58. The van der Waals surface area contributed by atoms with Crippen molar-refractivity contribution in [1.82, 2.24) is 9.97 Å². The zero-order chi connectivity index (χ0) is 15.7. The Bertz CT molecular complexity index is 467. The molecule has 0 amide bonds. The van der Waals surface area contributed by atoms with E-state index in [4.69, 9.17) is 10.2 Å². The van der Waals surface area contributed by atoms with Crippen molar-refractivity contribution >= 4 is 14.1 Å². The number of nitrogens with two attached hydrogens (primary N) is 1. The van der Waals surface area contributed by atoms with Crippen LogP contribution in [0.1, 0.15) is 58.1 Å². The largest absolute Gasteiger partial charge is 0.414 e. The van der Waals surface area contributed by atoms with Gasteiger partial charge in [0.05, 0.1) is 18.1 Å². The smallest absolute Gasteiger partial charge is 0.192 e. The summed E-state index contributed by atoms with van der Waals surface area (Å²) < 4.78 is 6.58. The number of rotatable bonds is 3. The van der Waals surface area contributed by atoms with E-state index in [1.807, 2.05) is 6.20 Å². The number of hydrogen-bond acceptors (Lipinski definition) is 4. The Morgan fingerprint density at radius 2 is 1.90 bits per heavy atom. The van der Waals surface area contributed by atoms with Crippen molar-refractivity contribution < 1.29 is 4.43 Å². The number of nitrogen functional groups attached to an aromatic ring is 1. The van der Waals surface area contributed by atoms with Crippen LogP contribution in [0.25, 0.3) is 0 Å². The van der Waals surface area contributed by atoms with Crippen LogP contribution in [-0.4, -0.2) is 24.4 Å². The predicted octanol–water partition coefficient (Wildman–Crippen LogP) is 4.11. The second-order valence-corrected chi connectivity index (χ2v) is 12.5. The summed E-state index contributed by atoms with van der Waals surface area (Å²) in [5.41, 5.74) is 6.68. The normalized spacial score (nSPS) is 24.0. The third-order valence-corrected chi connectivity index (χ3v) is 9.54. The number of anilines is 1. The first-order valence-electron chi connectivity index (χ1n) is 7.94. The van der Waals surface area contributed by atoms with Crippen LogP contribution in [0, 0.1) is 0 Å². The molecule has 1 heterocycles. The molecule has 2 rings (SSSR count). The standard InChI is InChI=1S/C16H29N3OSi/c1-16(2,3)21(4,5)20-13-8-6-7-12(9-13)14-10-19-15(17)11-18-14/h10-13H,6-9H2,1-5H3,(H2,17,19)/t12-,13+/m0/s1. The van der Waals surface area contributed by atoms with E-state index in [1.165, 1.54) is 19.3 Å². The molecule has 1 aliphatic carbocycles. The summed E-state index contributed by atoms with van der Waals surface area (Å²) in [5, 5.41) is 0.265. The quantitative estimate of drug-likeness (QED) is 0.854. The van der Waals surface area contributed by atoms with Crippen LogP contribution in [0.4, 0.5) is 5.82 Å². The Kier molecular flexibility index (Phi) is 4.73. The molecule has 0 saturated heterocycles. The SMILES string of the molecule is CC(C)(C)[Si](C)(C)O[C@@H]1CCC[C@H](c2cnc(N)cn2)C1. The van der Waals surface area contributed by atoms with Crippen LogP contribution in [0.3, 0.4) is 0 Å². The molecule has 1 aromatic rings. The molecular weight excluding hydrogens is 278 g/mol. The third-order valence-electron chi connectivity index (χ3n) is 5.00. The van der Waals surface area contributed by atoms with Gasteiger partial charge in [-0.25, -0.2) is 4.98 Å². The summed E-state index contributed by atoms with van der Waals surface area (Å²) >= 11 is 0. The second-order valence-electron chi connectivity index (χ2n) is 7.73. The van der Waals surface area contributed by atoms with Gasteiger partial charge < -0.3 is 10.2 Å². The summed E-state index contributed by atoms with van der Waals surface area (Å²) in [4.78, 5) is 8.63. The van der Waals surface area contributed by atoms with Crippen LogP contribution >= 0.6 is 0 Å². The monoisotopic (exact) mass is 307 g/mol. The van der Waals surface area contributed by atoms with Gasteiger partial charge in [-0.1, -0.05) is 27.2 Å². The number of hydrogen-bond donors (Lipinski definition) is 1. The highest BCUT2D eigenvalue weighted by molar-refractivity contribution is 6.74. The number of aromatic nitrogens is 2. The first-order valence-corrected chi connectivity index (χ1v) is 10.8. The van der Waals surface area contributed by atoms with E-state index in [9.17, 15) is 0 Å². The van der Waals surface area contributed by atoms with Crippen molar-refractivity contribution in [1.29, 1.82) is 0 Å². The Balaban J connectivity index is 2.03. The summed E-state index contributed by atoms with van der Waals surface area (Å²) in [6.45, 7) is 11.6. The van der Waals surface area contributed by atoms with Gasteiger partial charge in [-0.05, 0) is 37.4 Å². The van der Waals surface area contributed by atoms with Gasteiger partial charge in [-0.15, -0.1) is 0 Å². The Morgan fingerprint density at radius 3 is 2.48 bits per heavy atom. The molecule has 2 N–H and O–H groups in total. The molecule has 0 aromatic carbocycles. The van der Waals surface area contributed by atoms with E-state index in [-0.39, 0.29) is 5.04 Å². The average molecular weight is 308 g/mol. The molecule has 0 aliphatic heterocycles. The van der Waals surface area contributed by atoms with Gasteiger partial charge in [0, 0.05) is 12.0 Å². The van der Waals surface area contributed by atoms with E-state index in [2.05, 4.69) is 43.8 Å². The molecule has 1 aliphatic rings. The van der Waals surface area contributed by atoms with E-state index < -0.39 is 8.32 Å². The minimum atomic E-state index is -1.69. The lowest BCUT2D eigenvalue weighted by Gasteiger charge is -2.41. The van der Waals surface area contributed by atoms with Crippen molar-refractivity contribution in [3.05, 3.63) is 18.1 Å². The molecule has 0 unspecified atom stereocenters. The van der Waals surface area contributed by atoms with Crippen LogP contribution in [0.5, 0.6) is 0 Å². The summed E-state index contributed by atoms with van der Waals surface area (Å²) in [6, 6.07) is 0. The lowest BCUT2D eigenvalue weighted by molar-refractivity contribution is 0.126. The first-order chi connectivity index (χ1) is 9.69. The molecule has 2 atom stereocenters. The van der Waals surface area contributed by atoms with Gasteiger partial charge in [0.1, 0.15) is 5.82 Å². The molecule has 1 aromatic heterocycles. The minimum absolute atomic E-state index is 0.265. The highest BCUT2D eigenvalue weighted by Crippen LogP contribution is 2.41. The van der Waals surface area contributed by atoms with Crippen molar-refractivity contribution in [2.45, 2.75) is 76.6 Å². The van der Waals surface area contributed by atoms with Crippen LogP contribution < -0.4 is 5.73 Å². The molecule has 0 bridgehead atoms. The van der Waals surface area contributed by atoms with E-state index in [0.717, 1.165) is 12.1 Å². The first kappa shape index (κ1) is 16.4.